The molecule has 4 nitrogen and oxygen atoms in total. The van der Waals surface area contributed by atoms with Gasteiger partial charge in [0, 0.05) is 17.2 Å². The average molecular weight is 249 g/mol. The molecule has 0 radical (unpaired) electrons. The first-order valence-corrected chi connectivity index (χ1v) is 6.08. The molecule has 1 aromatic carbocycles. The van der Waals surface area contributed by atoms with Gasteiger partial charge in [0.2, 0.25) is 0 Å². The van der Waals surface area contributed by atoms with Crippen LogP contribution in [-0.2, 0) is 15.6 Å². The van der Waals surface area contributed by atoms with Gasteiger partial charge in [-0.15, -0.1) is 0 Å². The van der Waals surface area contributed by atoms with Crippen LogP contribution in [-0.4, -0.2) is 8.42 Å². The first kappa shape index (κ1) is 11.9. The van der Waals surface area contributed by atoms with Crippen molar-refractivity contribution in [1.82, 2.24) is 0 Å². The highest BCUT2D eigenvalue weighted by atomic mass is 35.7. The maximum Gasteiger partial charge on any atom is 0.264 e. The van der Waals surface area contributed by atoms with Gasteiger partial charge in [0.05, 0.1) is 11.6 Å². The lowest BCUT2D eigenvalue weighted by atomic mass is 10.1. The van der Waals surface area contributed by atoms with E-state index in [1.54, 1.807) is 6.07 Å². The maximum absolute atomic E-state index is 13.2. The molecule has 0 aliphatic carbocycles. The molecule has 0 spiro atoms. The van der Waals surface area contributed by atoms with Crippen LogP contribution in [0.4, 0.5) is 4.39 Å². The van der Waals surface area contributed by atoms with Crippen LogP contribution in [0.5, 0.6) is 0 Å². The predicted molar refractivity (Wildman–Crippen MR) is 52.0 cm³/mol. The van der Waals surface area contributed by atoms with Crippen LogP contribution in [0.1, 0.15) is 11.1 Å². The molecular weight excluding hydrogens is 243 g/mol. The van der Waals surface area contributed by atoms with Crippen molar-refractivity contribution >= 4 is 19.7 Å². The molecule has 2 N–H and O–H groups in total. The summed E-state index contributed by atoms with van der Waals surface area (Å²) in [5.74, 6) is -1.06. The first-order chi connectivity index (χ1) is 6.90. The Hall–Kier alpha value is -1.16. The second kappa shape index (κ2) is 4.14. The van der Waals surface area contributed by atoms with Gasteiger partial charge in [-0.3, -0.25) is 0 Å². The SMILES string of the molecule is N#Cc1cc(F)c(S(=O)(=O)Cl)cc1CN. The molecular formula is C8H6ClFN2O2S. The molecule has 0 saturated carbocycles. The summed E-state index contributed by atoms with van der Waals surface area (Å²) in [6, 6.07) is 3.48. The Kier molecular flexibility index (Phi) is 3.29. The van der Waals surface area contributed by atoms with Crippen molar-refractivity contribution in [3.05, 3.63) is 29.1 Å². The zero-order valence-electron chi connectivity index (χ0n) is 7.37. The Morgan fingerprint density at radius 1 is 1.53 bits per heavy atom. The van der Waals surface area contributed by atoms with Gasteiger partial charge in [0.15, 0.2) is 0 Å². The van der Waals surface area contributed by atoms with Crippen LogP contribution in [0, 0.1) is 17.1 Å². The third kappa shape index (κ3) is 2.45. The minimum absolute atomic E-state index is 0.000864. The fourth-order valence-electron chi connectivity index (χ4n) is 1.06. The van der Waals surface area contributed by atoms with Crippen molar-refractivity contribution in [2.24, 2.45) is 5.73 Å². The Morgan fingerprint density at radius 3 is 2.53 bits per heavy atom. The summed E-state index contributed by atoms with van der Waals surface area (Å²) in [6.07, 6.45) is 0. The topological polar surface area (TPSA) is 84.0 Å². The molecule has 80 valence electrons. The van der Waals surface area contributed by atoms with Gasteiger partial charge >= 0.3 is 0 Å². The first-order valence-electron chi connectivity index (χ1n) is 3.77. The molecule has 0 fully saturated rings. The number of hydrogen-bond donors (Lipinski definition) is 1. The summed E-state index contributed by atoms with van der Waals surface area (Å²) < 4.78 is 35.0. The third-order valence-electron chi connectivity index (χ3n) is 1.76. The van der Waals surface area contributed by atoms with E-state index < -0.39 is 19.8 Å². The van der Waals surface area contributed by atoms with Crippen molar-refractivity contribution in [2.75, 3.05) is 0 Å². The fraction of sp³-hybridized carbons (Fsp3) is 0.125. The second-order valence-corrected chi connectivity index (χ2v) is 5.23. The quantitative estimate of drug-likeness (QED) is 0.794. The molecule has 15 heavy (non-hydrogen) atoms. The number of nitrogens with two attached hydrogens (primary N) is 1. The van der Waals surface area contributed by atoms with Crippen molar-refractivity contribution < 1.29 is 12.8 Å². The van der Waals surface area contributed by atoms with Crippen molar-refractivity contribution in [2.45, 2.75) is 11.4 Å². The van der Waals surface area contributed by atoms with Crippen LogP contribution in [0.15, 0.2) is 17.0 Å². The number of rotatable bonds is 2. The minimum atomic E-state index is -4.16. The lowest BCUT2D eigenvalue weighted by molar-refractivity contribution is 0.574. The summed E-state index contributed by atoms with van der Waals surface area (Å²) in [5.41, 5.74) is 5.51. The van der Waals surface area contributed by atoms with E-state index in [1.165, 1.54) is 0 Å². The zero-order chi connectivity index (χ0) is 11.6. The van der Waals surface area contributed by atoms with Crippen LogP contribution in [0.2, 0.25) is 0 Å². The molecule has 0 unspecified atom stereocenters. The number of hydrogen-bond acceptors (Lipinski definition) is 4. The summed E-state index contributed by atoms with van der Waals surface area (Å²) in [7, 11) is 0.838. The Bertz CT molecular complexity index is 536. The van der Waals surface area contributed by atoms with Crippen molar-refractivity contribution in [1.29, 1.82) is 5.26 Å². The molecule has 0 aromatic heterocycles. The highest BCUT2D eigenvalue weighted by molar-refractivity contribution is 8.13. The van der Waals surface area contributed by atoms with Crippen LogP contribution in [0.3, 0.4) is 0 Å². The summed E-state index contributed by atoms with van der Waals surface area (Å²) >= 11 is 0. The van der Waals surface area contributed by atoms with E-state index >= 15 is 0 Å². The van der Waals surface area contributed by atoms with E-state index in [0.717, 1.165) is 12.1 Å². The van der Waals surface area contributed by atoms with Crippen LogP contribution >= 0.6 is 10.7 Å². The molecule has 0 aliphatic heterocycles. The maximum atomic E-state index is 13.2. The monoisotopic (exact) mass is 248 g/mol. The molecule has 0 heterocycles. The van der Waals surface area contributed by atoms with E-state index in [1.807, 2.05) is 0 Å². The molecule has 0 saturated heterocycles. The second-order valence-electron chi connectivity index (χ2n) is 2.69. The van der Waals surface area contributed by atoms with E-state index in [2.05, 4.69) is 0 Å². The van der Waals surface area contributed by atoms with E-state index in [-0.39, 0.29) is 17.7 Å². The molecule has 0 aliphatic rings. The van der Waals surface area contributed by atoms with Gasteiger partial charge in [-0.2, -0.15) is 5.26 Å². The molecule has 1 rings (SSSR count). The summed E-state index contributed by atoms with van der Waals surface area (Å²) in [5, 5.41) is 8.61. The average Bonchev–Trinajstić information content (AvgIpc) is 2.15. The normalized spacial score (nSPS) is 11.1. The number of nitriles is 1. The third-order valence-corrected chi connectivity index (χ3v) is 3.10. The lowest BCUT2D eigenvalue weighted by Crippen LogP contribution is -2.04. The number of nitrogens with zero attached hydrogens (tertiary/aromatic N) is 1. The Labute approximate surface area is 90.5 Å². The molecule has 0 amide bonds. The predicted octanol–water partition coefficient (Wildman–Crippen LogP) is 1.08. The highest BCUT2D eigenvalue weighted by Gasteiger charge is 2.18. The molecule has 0 bridgehead atoms. The van der Waals surface area contributed by atoms with Gasteiger partial charge < -0.3 is 5.73 Å². The highest BCUT2D eigenvalue weighted by Crippen LogP contribution is 2.22. The van der Waals surface area contributed by atoms with Gasteiger partial charge in [-0.05, 0) is 17.7 Å². The molecule has 0 atom stereocenters. The minimum Gasteiger partial charge on any atom is -0.326 e. The summed E-state index contributed by atoms with van der Waals surface area (Å²) in [6.45, 7) is -0.0669. The van der Waals surface area contributed by atoms with Gasteiger partial charge in [-0.1, -0.05) is 0 Å². The van der Waals surface area contributed by atoms with Gasteiger partial charge in [0.25, 0.3) is 9.05 Å². The largest absolute Gasteiger partial charge is 0.326 e. The van der Waals surface area contributed by atoms with E-state index in [4.69, 9.17) is 21.7 Å². The van der Waals surface area contributed by atoms with Crippen molar-refractivity contribution in [3.63, 3.8) is 0 Å². The van der Waals surface area contributed by atoms with E-state index in [0.29, 0.717) is 0 Å². The van der Waals surface area contributed by atoms with Crippen LogP contribution < -0.4 is 5.73 Å². The summed E-state index contributed by atoms with van der Waals surface area (Å²) in [4.78, 5) is -0.663. The zero-order valence-corrected chi connectivity index (χ0v) is 8.94. The molecule has 1 aromatic rings. The molecule has 7 heteroatoms. The number of halogens is 2. The lowest BCUT2D eigenvalue weighted by Gasteiger charge is -2.04. The Morgan fingerprint density at radius 2 is 2.13 bits per heavy atom. The van der Waals surface area contributed by atoms with Crippen LogP contribution in [0.25, 0.3) is 0 Å². The van der Waals surface area contributed by atoms with E-state index in [9.17, 15) is 12.8 Å². The standard InChI is InChI=1S/C8H6ClFN2O2S/c9-15(13,14)8-2-6(4-12)5(3-11)1-7(8)10/h1-2H,4,12H2. The number of benzene rings is 1. The van der Waals surface area contributed by atoms with Gasteiger partial charge in [0.1, 0.15) is 10.7 Å². The smallest absolute Gasteiger partial charge is 0.264 e. The Balaban J connectivity index is 3.55. The fourth-order valence-corrected chi connectivity index (χ4v) is 1.98. The van der Waals surface area contributed by atoms with Gasteiger partial charge in [-0.25, -0.2) is 12.8 Å². The van der Waals surface area contributed by atoms with Crippen molar-refractivity contribution in [3.8, 4) is 6.07 Å².